The lowest BCUT2D eigenvalue weighted by atomic mass is 9.75. The van der Waals surface area contributed by atoms with E-state index in [1.165, 1.54) is 18.4 Å². The molecular formula is C12H20O. The summed E-state index contributed by atoms with van der Waals surface area (Å²) in [6.07, 6.45) is 6.12. The first kappa shape index (κ1) is 10.4. The Balaban J connectivity index is 2.81. The summed E-state index contributed by atoms with van der Waals surface area (Å²) in [5, 5.41) is 0. The highest BCUT2D eigenvalue weighted by molar-refractivity contribution is 5.15. The monoisotopic (exact) mass is 180 g/mol. The van der Waals surface area contributed by atoms with Crippen LogP contribution < -0.4 is 0 Å². The van der Waals surface area contributed by atoms with Gasteiger partial charge in [0.1, 0.15) is 0 Å². The molecule has 1 heterocycles. The van der Waals surface area contributed by atoms with E-state index in [4.69, 9.17) is 4.42 Å². The van der Waals surface area contributed by atoms with Gasteiger partial charge in [0.2, 0.25) is 0 Å². The van der Waals surface area contributed by atoms with Crippen molar-refractivity contribution in [2.45, 2.75) is 46.5 Å². The zero-order valence-electron chi connectivity index (χ0n) is 9.13. The van der Waals surface area contributed by atoms with E-state index in [0.29, 0.717) is 11.3 Å². The molecule has 0 saturated carbocycles. The highest BCUT2D eigenvalue weighted by atomic mass is 16.3. The minimum absolute atomic E-state index is 0.333. The highest BCUT2D eigenvalue weighted by Gasteiger charge is 2.25. The molecule has 1 aromatic heterocycles. The third-order valence-corrected chi connectivity index (χ3v) is 2.57. The van der Waals surface area contributed by atoms with Gasteiger partial charge in [0.25, 0.3) is 0 Å². The van der Waals surface area contributed by atoms with E-state index < -0.39 is 0 Å². The van der Waals surface area contributed by atoms with Crippen molar-refractivity contribution in [2.75, 3.05) is 0 Å². The lowest BCUT2D eigenvalue weighted by molar-refractivity contribution is 0.301. The van der Waals surface area contributed by atoms with Crippen LogP contribution in [0.2, 0.25) is 0 Å². The molecule has 0 radical (unpaired) electrons. The van der Waals surface area contributed by atoms with Crippen molar-refractivity contribution in [2.24, 2.45) is 5.41 Å². The average molecular weight is 180 g/mol. The Kier molecular flexibility index (Phi) is 3.18. The third kappa shape index (κ3) is 2.61. The molecule has 1 rings (SSSR count). The van der Waals surface area contributed by atoms with Crippen LogP contribution in [0.15, 0.2) is 23.0 Å². The molecule has 0 aliphatic carbocycles. The Morgan fingerprint density at radius 1 is 1.38 bits per heavy atom. The molecule has 1 unspecified atom stereocenters. The van der Waals surface area contributed by atoms with Crippen LogP contribution in [0.25, 0.3) is 0 Å². The first-order chi connectivity index (χ1) is 6.05. The van der Waals surface area contributed by atoms with Gasteiger partial charge in [0, 0.05) is 0 Å². The van der Waals surface area contributed by atoms with Gasteiger partial charge in [-0.05, 0) is 29.4 Å². The largest absolute Gasteiger partial charge is 0.472 e. The smallest absolute Gasteiger partial charge is 0.0937 e. The highest BCUT2D eigenvalue weighted by Crippen LogP contribution is 2.38. The number of hydrogen-bond acceptors (Lipinski definition) is 1. The lowest BCUT2D eigenvalue weighted by Crippen LogP contribution is -2.17. The summed E-state index contributed by atoms with van der Waals surface area (Å²) in [7, 11) is 0. The van der Waals surface area contributed by atoms with Crippen LogP contribution in [0, 0.1) is 5.41 Å². The van der Waals surface area contributed by atoms with Crippen LogP contribution >= 0.6 is 0 Å². The Labute approximate surface area is 81.1 Å². The fourth-order valence-corrected chi connectivity index (χ4v) is 1.86. The van der Waals surface area contributed by atoms with Crippen molar-refractivity contribution in [3.63, 3.8) is 0 Å². The molecular weight excluding hydrogens is 160 g/mol. The van der Waals surface area contributed by atoms with E-state index in [-0.39, 0.29) is 0 Å². The van der Waals surface area contributed by atoms with Crippen molar-refractivity contribution >= 4 is 0 Å². The maximum Gasteiger partial charge on any atom is 0.0937 e. The van der Waals surface area contributed by atoms with Crippen LogP contribution in [0.1, 0.15) is 52.0 Å². The Hall–Kier alpha value is -0.720. The second kappa shape index (κ2) is 3.99. The van der Waals surface area contributed by atoms with E-state index in [1.54, 1.807) is 6.26 Å². The van der Waals surface area contributed by atoms with E-state index in [1.807, 2.05) is 6.26 Å². The standard InChI is InChI=1S/C12H20O/c1-5-6-11(12(2,3)4)10-7-8-13-9-10/h7-9,11H,5-6H2,1-4H3. The summed E-state index contributed by atoms with van der Waals surface area (Å²) >= 11 is 0. The van der Waals surface area contributed by atoms with Crippen molar-refractivity contribution in [1.29, 1.82) is 0 Å². The van der Waals surface area contributed by atoms with Gasteiger partial charge < -0.3 is 4.42 Å². The van der Waals surface area contributed by atoms with Gasteiger partial charge in [0.05, 0.1) is 12.5 Å². The van der Waals surface area contributed by atoms with Crippen molar-refractivity contribution < 1.29 is 4.42 Å². The fourth-order valence-electron chi connectivity index (χ4n) is 1.86. The molecule has 74 valence electrons. The minimum atomic E-state index is 0.333. The molecule has 0 fully saturated rings. The molecule has 0 N–H and O–H groups in total. The third-order valence-electron chi connectivity index (χ3n) is 2.57. The summed E-state index contributed by atoms with van der Waals surface area (Å²) in [6, 6.07) is 2.09. The first-order valence-electron chi connectivity index (χ1n) is 5.07. The molecule has 0 spiro atoms. The van der Waals surface area contributed by atoms with Crippen molar-refractivity contribution in [3.8, 4) is 0 Å². The second-order valence-electron chi connectivity index (χ2n) is 4.76. The zero-order valence-corrected chi connectivity index (χ0v) is 9.13. The molecule has 1 nitrogen and oxygen atoms in total. The predicted octanol–water partition coefficient (Wildman–Crippen LogP) is 4.21. The summed E-state index contributed by atoms with van der Waals surface area (Å²) in [5.41, 5.74) is 1.68. The van der Waals surface area contributed by atoms with Crippen LogP contribution in [0.4, 0.5) is 0 Å². The topological polar surface area (TPSA) is 13.1 Å². The summed E-state index contributed by atoms with van der Waals surface area (Å²) in [5.74, 6) is 0.622. The van der Waals surface area contributed by atoms with Gasteiger partial charge in [-0.15, -0.1) is 0 Å². The van der Waals surface area contributed by atoms with Crippen molar-refractivity contribution in [1.82, 2.24) is 0 Å². The van der Waals surface area contributed by atoms with Gasteiger partial charge in [-0.3, -0.25) is 0 Å². The molecule has 1 aromatic rings. The zero-order chi connectivity index (χ0) is 9.90. The number of rotatable bonds is 3. The normalized spacial score (nSPS) is 14.5. The van der Waals surface area contributed by atoms with Gasteiger partial charge >= 0.3 is 0 Å². The summed E-state index contributed by atoms with van der Waals surface area (Å²) < 4.78 is 5.14. The van der Waals surface area contributed by atoms with Gasteiger partial charge in [-0.25, -0.2) is 0 Å². The molecule has 0 bridgehead atoms. The Morgan fingerprint density at radius 3 is 2.46 bits per heavy atom. The quantitative estimate of drug-likeness (QED) is 0.679. The van der Waals surface area contributed by atoms with E-state index in [9.17, 15) is 0 Å². The fraction of sp³-hybridized carbons (Fsp3) is 0.667. The molecule has 13 heavy (non-hydrogen) atoms. The Morgan fingerprint density at radius 2 is 2.08 bits per heavy atom. The van der Waals surface area contributed by atoms with Gasteiger partial charge in [-0.1, -0.05) is 34.1 Å². The molecule has 1 heteroatoms. The van der Waals surface area contributed by atoms with E-state index in [0.717, 1.165) is 0 Å². The summed E-state index contributed by atoms with van der Waals surface area (Å²) in [4.78, 5) is 0. The molecule has 0 saturated heterocycles. The number of hydrogen-bond donors (Lipinski definition) is 0. The second-order valence-corrected chi connectivity index (χ2v) is 4.76. The predicted molar refractivity (Wildman–Crippen MR) is 55.8 cm³/mol. The molecule has 0 aliphatic rings. The van der Waals surface area contributed by atoms with E-state index >= 15 is 0 Å². The lowest BCUT2D eigenvalue weighted by Gasteiger charge is -2.29. The maximum absolute atomic E-state index is 5.14. The van der Waals surface area contributed by atoms with Crippen LogP contribution in [-0.2, 0) is 0 Å². The molecule has 0 aromatic carbocycles. The average Bonchev–Trinajstić information content (AvgIpc) is 2.49. The van der Waals surface area contributed by atoms with Crippen LogP contribution in [-0.4, -0.2) is 0 Å². The number of furan rings is 1. The molecule has 0 aliphatic heterocycles. The van der Waals surface area contributed by atoms with Crippen LogP contribution in [0.5, 0.6) is 0 Å². The SMILES string of the molecule is CCCC(c1ccoc1)C(C)(C)C. The summed E-state index contributed by atoms with van der Waals surface area (Å²) in [6.45, 7) is 9.11. The maximum atomic E-state index is 5.14. The molecule has 0 amide bonds. The Bertz CT molecular complexity index is 228. The molecule has 1 atom stereocenters. The van der Waals surface area contributed by atoms with Gasteiger partial charge in [-0.2, -0.15) is 0 Å². The first-order valence-corrected chi connectivity index (χ1v) is 5.07. The van der Waals surface area contributed by atoms with Crippen molar-refractivity contribution in [3.05, 3.63) is 24.2 Å². The van der Waals surface area contributed by atoms with Crippen LogP contribution in [0.3, 0.4) is 0 Å². The van der Waals surface area contributed by atoms with Gasteiger partial charge in [0.15, 0.2) is 0 Å². The van der Waals surface area contributed by atoms with E-state index in [2.05, 4.69) is 33.8 Å². The minimum Gasteiger partial charge on any atom is -0.472 e.